The normalized spacial score (nSPS) is 17.4. The highest BCUT2D eigenvalue weighted by Gasteiger charge is 2.31. The first kappa shape index (κ1) is 17.8. The number of hydrogen-bond acceptors (Lipinski definition) is 5. The monoisotopic (exact) mass is 364 g/mol. The van der Waals surface area contributed by atoms with Crippen LogP contribution in [0, 0.1) is 5.82 Å². The molecule has 0 amide bonds. The molecule has 1 aromatic carbocycles. The summed E-state index contributed by atoms with van der Waals surface area (Å²) in [5.74, 6) is -1.38. The average Bonchev–Trinajstić information content (AvgIpc) is 3.09. The lowest BCUT2D eigenvalue weighted by Crippen LogP contribution is -2.48. The summed E-state index contributed by atoms with van der Waals surface area (Å²) in [5, 5.41) is 13.9. The zero-order valence-corrected chi connectivity index (χ0v) is 14.8. The van der Waals surface area contributed by atoms with Gasteiger partial charge in [-0.25, -0.2) is 4.39 Å². The van der Waals surface area contributed by atoms with Crippen molar-refractivity contribution in [3.8, 4) is 5.75 Å². The lowest BCUT2D eigenvalue weighted by Gasteiger charge is -2.37. The van der Waals surface area contributed by atoms with Crippen molar-refractivity contribution >= 4 is 17.3 Å². The molecule has 0 radical (unpaired) electrons. The number of methoxy groups -OCH3 is 1. The summed E-state index contributed by atoms with van der Waals surface area (Å²) < 4.78 is 18.9. The minimum absolute atomic E-state index is 0.119. The largest absolute Gasteiger partial charge is 0.494 e. The molecular weight excluding hydrogens is 343 g/mol. The van der Waals surface area contributed by atoms with Crippen LogP contribution in [0.15, 0.2) is 35.0 Å². The van der Waals surface area contributed by atoms with Gasteiger partial charge < -0.3 is 9.84 Å². The molecule has 1 aliphatic rings. The summed E-state index contributed by atoms with van der Waals surface area (Å²) in [6, 6.07) is 5.63. The summed E-state index contributed by atoms with van der Waals surface area (Å²) in [6.07, 6.45) is 0. The van der Waals surface area contributed by atoms with Gasteiger partial charge in [0.2, 0.25) is 0 Å². The fourth-order valence-electron chi connectivity index (χ4n) is 3.18. The van der Waals surface area contributed by atoms with Crippen molar-refractivity contribution in [2.24, 2.45) is 0 Å². The van der Waals surface area contributed by atoms with E-state index in [-0.39, 0.29) is 5.75 Å². The molecular formula is C18H21FN2O3S. The zero-order chi connectivity index (χ0) is 17.8. The van der Waals surface area contributed by atoms with E-state index in [0.717, 1.165) is 19.6 Å². The van der Waals surface area contributed by atoms with Crippen molar-refractivity contribution in [1.82, 2.24) is 9.80 Å². The number of aliphatic carboxylic acids is 1. The van der Waals surface area contributed by atoms with Gasteiger partial charge in [-0.3, -0.25) is 14.6 Å². The third-order valence-corrected chi connectivity index (χ3v) is 5.22. The maximum absolute atomic E-state index is 14.0. The molecule has 2 heterocycles. The van der Waals surface area contributed by atoms with Gasteiger partial charge in [0.05, 0.1) is 7.11 Å². The van der Waals surface area contributed by atoms with Crippen LogP contribution < -0.4 is 4.74 Å². The Morgan fingerprint density at radius 1 is 1.32 bits per heavy atom. The predicted molar refractivity (Wildman–Crippen MR) is 94.5 cm³/mol. The van der Waals surface area contributed by atoms with Gasteiger partial charge >= 0.3 is 5.97 Å². The first-order chi connectivity index (χ1) is 12.1. The first-order valence-corrected chi connectivity index (χ1v) is 9.06. The van der Waals surface area contributed by atoms with Crippen LogP contribution in [0.3, 0.4) is 0 Å². The number of carboxylic acid groups (broad SMARTS) is 1. The quantitative estimate of drug-likeness (QED) is 0.854. The minimum Gasteiger partial charge on any atom is -0.494 e. The van der Waals surface area contributed by atoms with Crippen LogP contribution in [-0.4, -0.2) is 54.2 Å². The summed E-state index contributed by atoms with van der Waals surface area (Å²) in [6.45, 7) is 3.73. The Bertz CT molecular complexity index is 715. The molecule has 7 heteroatoms. The van der Waals surface area contributed by atoms with Crippen molar-refractivity contribution in [1.29, 1.82) is 0 Å². The van der Waals surface area contributed by atoms with Gasteiger partial charge in [0.25, 0.3) is 0 Å². The maximum Gasteiger partial charge on any atom is 0.325 e. The summed E-state index contributed by atoms with van der Waals surface area (Å²) in [5.41, 5.74) is 1.72. The number of nitrogens with zero attached hydrogens (tertiary/aromatic N) is 2. The Balaban J connectivity index is 1.68. The van der Waals surface area contributed by atoms with E-state index in [2.05, 4.69) is 21.7 Å². The minimum atomic E-state index is -0.962. The zero-order valence-electron chi connectivity index (χ0n) is 14.0. The van der Waals surface area contributed by atoms with Crippen molar-refractivity contribution in [2.75, 3.05) is 33.3 Å². The van der Waals surface area contributed by atoms with Gasteiger partial charge in [0, 0.05) is 32.7 Å². The molecule has 1 aromatic heterocycles. The van der Waals surface area contributed by atoms with E-state index < -0.39 is 17.8 Å². The van der Waals surface area contributed by atoms with Gasteiger partial charge in [-0.15, -0.1) is 0 Å². The van der Waals surface area contributed by atoms with Crippen LogP contribution in [0.5, 0.6) is 5.75 Å². The highest BCUT2D eigenvalue weighted by Crippen LogP contribution is 2.27. The van der Waals surface area contributed by atoms with E-state index in [1.807, 2.05) is 4.90 Å². The summed E-state index contributed by atoms with van der Waals surface area (Å²) in [4.78, 5) is 16.0. The smallest absolute Gasteiger partial charge is 0.325 e. The predicted octanol–water partition coefficient (Wildman–Crippen LogP) is 2.84. The Morgan fingerprint density at radius 2 is 2.08 bits per heavy atom. The van der Waals surface area contributed by atoms with Crippen LogP contribution in [0.4, 0.5) is 4.39 Å². The molecule has 3 rings (SSSR count). The molecule has 1 atom stereocenters. The number of ether oxygens (including phenoxy) is 1. The number of benzene rings is 1. The lowest BCUT2D eigenvalue weighted by molar-refractivity contribution is -0.144. The summed E-state index contributed by atoms with van der Waals surface area (Å²) >= 11 is 1.68. The van der Waals surface area contributed by atoms with Crippen LogP contribution in [-0.2, 0) is 11.3 Å². The van der Waals surface area contributed by atoms with Crippen molar-refractivity contribution < 1.29 is 19.0 Å². The van der Waals surface area contributed by atoms with E-state index >= 15 is 0 Å². The molecule has 1 saturated heterocycles. The van der Waals surface area contributed by atoms with Crippen molar-refractivity contribution in [3.63, 3.8) is 0 Å². The highest BCUT2D eigenvalue weighted by molar-refractivity contribution is 7.07. The standard InChI is InChI=1S/C18H21FN2O3S/c1-24-16-3-2-14(10-15(16)19)17(18(22)23)21-7-5-20(6-8-21)11-13-4-9-25-12-13/h2-4,9-10,12,17H,5-8,11H2,1H3,(H,22,23)/t17-/m1/s1. The molecule has 25 heavy (non-hydrogen) atoms. The Hall–Kier alpha value is -1.96. The molecule has 0 bridgehead atoms. The molecule has 2 aromatic rings. The van der Waals surface area contributed by atoms with Crippen LogP contribution in [0.1, 0.15) is 17.2 Å². The second kappa shape index (κ2) is 7.95. The molecule has 0 unspecified atom stereocenters. The van der Waals surface area contributed by atoms with E-state index in [1.165, 1.54) is 24.8 Å². The fourth-order valence-corrected chi connectivity index (χ4v) is 3.84. The van der Waals surface area contributed by atoms with Crippen molar-refractivity contribution in [2.45, 2.75) is 12.6 Å². The Morgan fingerprint density at radius 3 is 2.64 bits per heavy atom. The maximum atomic E-state index is 14.0. The Labute approximate surface area is 150 Å². The molecule has 1 fully saturated rings. The van der Waals surface area contributed by atoms with Crippen molar-refractivity contribution in [3.05, 3.63) is 52.0 Å². The lowest BCUT2D eigenvalue weighted by atomic mass is 10.0. The fraction of sp³-hybridized carbons (Fsp3) is 0.389. The van der Waals surface area contributed by atoms with Crippen LogP contribution in [0.2, 0.25) is 0 Å². The highest BCUT2D eigenvalue weighted by atomic mass is 32.1. The topological polar surface area (TPSA) is 53.0 Å². The Kier molecular flexibility index (Phi) is 5.67. The molecule has 0 aliphatic carbocycles. The van der Waals surface area contributed by atoms with E-state index in [1.54, 1.807) is 17.4 Å². The number of piperazine rings is 1. The van der Waals surface area contributed by atoms with Crippen LogP contribution in [0.25, 0.3) is 0 Å². The van der Waals surface area contributed by atoms with Crippen LogP contribution >= 0.6 is 11.3 Å². The van der Waals surface area contributed by atoms with Gasteiger partial charge in [-0.2, -0.15) is 11.3 Å². The average molecular weight is 364 g/mol. The second-order valence-electron chi connectivity index (χ2n) is 6.08. The molecule has 1 N–H and O–H groups in total. The number of thiophene rings is 1. The number of carbonyl (C=O) groups is 1. The number of carboxylic acids is 1. The third kappa shape index (κ3) is 4.18. The van der Waals surface area contributed by atoms with E-state index in [0.29, 0.717) is 18.7 Å². The summed E-state index contributed by atoms with van der Waals surface area (Å²) in [7, 11) is 1.39. The molecule has 1 aliphatic heterocycles. The molecule has 5 nitrogen and oxygen atoms in total. The number of rotatable bonds is 6. The van der Waals surface area contributed by atoms with E-state index in [4.69, 9.17) is 4.74 Å². The number of hydrogen-bond donors (Lipinski definition) is 1. The van der Waals surface area contributed by atoms with Gasteiger partial charge in [-0.1, -0.05) is 6.07 Å². The second-order valence-corrected chi connectivity index (χ2v) is 6.86. The van der Waals surface area contributed by atoms with Gasteiger partial charge in [0.1, 0.15) is 6.04 Å². The van der Waals surface area contributed by atoms with Gasteiger partial charge in [-0.05, 0) is 40.1 Å². The molecule has 0 spiro atoms. The SMILES string of the molecule is COc1ccc([C@H](C(=O)O)N2CCN(Cc3ccsc3)CC2)cc1F. The molecule has 134 valence electrons. The first-order valence-electron chi connectivity index (χ1n) is 8.12. The third-order valence-electron chi connectivity index (χ3n) is 4.48. The van der Waals surface area contributed by atoms with Gasteiger partial charge in [0.15, 0.2) is 11.6 Å². The number of halogens is 1. The van der Waals surface area contributed by atoms with E-state index in [9.17, 15) is 14.3 Å². The molecule has 0 saturated carbocycles.